The molecule has 2 fully saturated rings. The van der Waals surface area contributed by atoms with Crippen molar-refractivity contribution in [2.75, 3.05) is 17.1 Å². The lowest BCUT2D eigenvalue weighted by Crippen LogP contribution is -2.37. The number of hydroxylamine groups is 1. The summed E-state index contributed by atoms with van der Waals surface area (Å²) in [7, 11) is 1.27. The van der Waals surface area contributed by atoms with E-state index in [2.05, 4.69) is 0 Å². The van der Waals surface area contributed by atoms with Crippen LogP contribution in [0.4, 0.5) is 15.8 Å². The van der Waals surface area contributed by atoms with Crippen LogP contribution in [0.15, 0.2) is 78.9 Å². The molecule has 0 aliphatic carbocycles. The van der Waals surface area contributed by atoms with Gasteiger partial charge in [0, 0.05) is 0 Å². The Morgan fingerprint density at radius 1 is 0.879 bits per heavy atom. The third kappa shape index (κ3) is 3.44. The van der Waals surface area contributed by atoms with Crippen LogP contribution in [0.25, 0.3) is 0 Å². The number of imide groups is 1. The SMILES string of the molecule is COC(=O)c1ccc(N2C(=O)C3ON(c4ccccc4)C(c4ccc(F)cc4)C3C2=O)cc1. The summed E-state index contributed by atoms with van der Waals surface area (Å²) in [6.07, 6.45) is -1.03. The Kier molecular flexibility index (Phi) is 5.14. The van der Waals surface area contributed by atoms with Gasteiger partial charge < -0.3 is 4.74 Å². The van der Waals surface area contributed by atoms with Gasteiger partial charge in [0.1, 0.15) is 11.7 Å². The van der Waals surface area contributed by atoms with Gasteiger partial charge in [-0.25, -0.2) is 19.1 Å². The molecule has 0 saturated carbocycles. The predicted octanol–water partition coefficient (Wildman–Crippen LogP) is 3.66. The minimum Gasteiger partial charge on any atom is -0.465 e. The van der Waals surface area contributed by atoms with Crippen LogP contribution in [-0.2, 0) is 19.2 Å². The van der Waals surface area contributed by atoms with E-state index in [1.807, 2.05) is 30.3 Å². The number of rotatable bonds is 4. The lowest BCUT2D eigenvalue weighted by atomic mass is 9.90. The highest BCUT2D eigenvalue weighted by Crippen LogP contribution is 2.47. The maximum Gasteiger partial charge on any atom is 0.337 e. The Labute approximate surface area is 188 Å². The highest BCUT2D eigenvalue weighted by molar-refractivity contribution is 6.24. The van der Waals surface area contributed by atoms with Crippen molar-refractivity contribution in [2.24, 2.45) is 5.92 Å². The van der Waals surface area contributed by atoms with E-state index < -0.39 is 41.7 Å². The molecule has 0 spiro atoms. The minimum absolute atomic E-state index is 0.302. The van der Waals surface area contributed by atoms with E-state index in [1.54, 1.807) is 17.2 Å². The fourth-order valence-electron chi connectivity index (χ4n) is 4.33. The summed E-state index contributed by atoms with van der Waals surface area (Å²) in [5.41, 5.74) is 1.96. The first kappa shape index (κ1) is 20.8. The zero-order valence-electron chi connectivity index (χ0n) is 17.6. The molecule has 166 valence electrons. The molecule has 0 bridgehead atoms. The molecular weight excluding hydrogens is 427 g/mol. The number of esters is 1. The van der Waals surface area contributed by atoms with Gasteiger partial charge in [-0.1, -0.05) is 30.3 Å². The number of carbonyl (C=O) groups excluding carboxylic acids is 3. The normalized spacial score (nSPS) is 21.9. The largest absolute Gasteiger partial charge is 0.465 e. The predicted molar refractivity (Wildman–Crippen MR) is 117 cm³/mol. The molecule has 2 amide bonds. The van der Waals surface area contributed by atoms with Crippen molar-refractivity contribution in [1.29, 1.82) is 0 Å². The van der Waals surface area contributed by atoms with Crippen LogP contribution in [0, 0.1) is 11.7 Å². The van der Waals surface area contributed by atoms with Crippen LogP contribution in [0.1, 0.15) is 22.0 Å². The molecule has 2 heterocycles. The Balaban J connectivity index is 1.53. The van der Waals surface area contributed by atoms with Gasteiger partial charge in [0.05, 0.1) is 30.1 Å². The maximum atomic E-state index is 13.6. The van der Waals surface area contributed by atoms with Crippen LogP contribution >= 0.6 is 0 Å². The average Bonchev–Trinajstić information content (AvgIpc) is 3.36. The first-order valence-electron chi connectivity index (χ1n) is 10.3. The number of benzene rings is 3. The van der Waals surface area contributed by atoms with Gasteiger partial charge in [-0.15, -0.1) is 0 Å². The fourth-order valence-corrected chi connectivity index (χ4v) is 4.33. The first-order valence-corrected chi connectivity index (χ1v) is 10.3. The first-order chi connectivity index (χ1) is 16.0. The Morgan fingerprint density at radius 2 is 1.55 bits per heavy atom. The summed E-state index contributed by atoms with van der Waals surface area (Å²) >= 11 is 0. The number of hydrogen-bond donors (Lipinski definition) is 0. The molecule has 2 saturated heterocycles. The molecule has 3 aromatic rings. The monoisotopic (exact) mass is 446 g/mol. The molecule has 33 heavy (non-hydrogen) atoms. The number of anilines is 2. The lowest BCUT2D eigenvalue weighted by molar-refractivity contribution is -0.126. The highest BCUT2D eigenvalue weighted by Gasteiger charge is 2.60. The zero-order valence-corrected chi connectivity index (χ0v) is 17.6. The van der Waals surface area contributed by atoms with E-state index in [9.17, 15) is 18.8 Å². The molecule has 5 rings (SSSR count). The van der Waals surface area contributed by atoms with E-state index in [1.165, 1.54) is 43.5 Å². The van der Waals surface area contributed by atoms with Gasteiger partial charge in [0.25, 0.3) is 5.91 Å². The number of hydrogen-bond acceptors (Lipinski definition) is 6. The van der Waals surface area contributed by atoms with Crippen molar-refractivity contribution >= 4 is 29.2 Å². The second-order valence-electron chi connectivity index (χ2n) is 7.76. The van der Waals surface area contributed by atoms with Crippen molar-refractivity contribution in [2.45, 2.75) is 12.1 Å². The van der Waals surface area contributed by atoms with E-state index in [0.717, 1.165) is 4.90 Å². The molecule has 3 unspecified atom stereocenters. The van der Waals surface area contributed by atoms with Gasteiger partial charge in [0.15, 0.2) is 6.10 Å². The number of carbonyl (C=O) groups is 3. The van der Waals surface area contributed by atoms with Gasteiger partial charge in [-0.3, -0.25) is 14.4 Å². The molecule has 0 aromatic heterocycles. The van der Waals surface area contributed by atoms with Gasteiger partial charge >= 0.3 is 5.97 Å². The number of amides is 2. The molecule has 3 aromatic carbocycles. The van der Waals surface area contributed by atoms with Crippen LogP contribution in [0.5, 0.6) is 0 Å². The molecule has 8 heteroatoms. The number of halogens is 1. The van der Waals surface area contributed by atoms with Crippen LogP contribution in [0.2, 0.25) is 0 Å². The maximum absolute atomic E-state index is 13.6. The summed E-state index contributed by atoms with van der Waals surface area (Å²) in [5, 5.41) is 1.55. The summed E-state index contributed by atoms with van der Waals surface area (Å²) in [6.45, 7) is 0. The van der Waals surface area contributed by atoms with E-state index >= 15 is 0 Å². The van der Waals surface area contributed by atoms with Crippen molar-refractivity contribution in [1.82, 2.24) is 0 Å². The summed E-state index contributed by atoms with van der Waals surface area (Å²) in [4.78, 5) is 45.6. The summed E-state index contributed by atoms with van der Waals surface area (Å²) < 4.78 is 18.3. The molecule has 7 nitrogen and oxygen atoms in total. The fraction of sp³-hybridized carbons (Fsp3) is 0.160. The molecule has 2 aliphatic rings. The third-order valence-corrected chi connectivity index (χ3v) is 5.88. The molecule has 0 N–H and O–H groups in total. The van der Waals surface area contributed by atoms with Crippen LogP contribution in [0.3, 0.4) is 0 Å². The molecular formula is C25H19FN2O5. The van der Waals surface area contributed by atoms with Gasteiger partial charge in [0.2, 0.25) is 5.91 Å². The Bertz CT molecular complexity index is 1210. The van der Waals surface area contributed by atoms with Crippen LogP contribution < -0.4 is 9.96 Å². The molecule has 3 atom stereocenters. The zero-order chi connectivity index (χ0) is 23.1. The van der Waals surface area contributed by atoms with Crippen LogP contribution in [-0.4, -0.2) is 31.0 Å². The number of para-hydroxylation sites is 1. The molecule has 0 radical (unpaired) electrons. The average molecular weight is 446 g/mol. The molecule has 2 aliphatic heterocycles. The lowest BCUT2D eigenvalue weighted by Gasteiger charge is -2.28. The smallest absolute Gasteiger partial charge is 0.337 e. The number of fused-ring (bicyclic) bond motifs is 1. The van der Waals surface area contributed by atoms with E-state index in [0.29, 0.717) is 22.5 Å². The number of nitrogens with zero attached hydrogens (tertiary/aromatic N) is 2. The highest BCUT2D eigenvalue weighted by atomic mass is 19.1. The van der Waals surface area contributed by atoms with Gasteiger partial charge in [-0.05, 0) is 54.1 Å². The van der Waals surface area contributed by atoms with Crippen molar-refractivity contribution in [3.05, 3.63) is 95.8 Å². The third-order valence-electron chi connectivity index (χ3n) is 5.88. The topological polar surface area (TPSA) is 76.2 Å². The van der Waals surface area contributed by atoms with E-state index in [-0.39, 0.29) is 0 Å². The Hall–Kier alpha value is -4.04. The quantitative estimate of drug-likeness (QED) is 0.450. The van der Waals surface area contributed by atoms with E-state index in [4.69, 9.17) is 9.57 Å². The van der Waals surface area contributed by atoms with Gasteiger partial charge in [-0.2, -0.15) is 0 Å². The second-order valence-corrected chi connectivity index (χ2v) is 7.76. The number of ether oxygens (including phenoxy) is 1. The summed E-state index contributed by atoms with van der Waals surface area (Å²) in [6, 6.07) is 20.3. The standard InChI is InChI=1S/C25H19FN2O5/c1-32-25(31)16-9-13-18(14-10-16)27-23(29)20-21(15-7-11-17(26)12-8-15)28(33-22(20)24(27)30)19-5-3-2-4-6-19/h2-14,20-22H,1H3. The number of methoxy groups -OCH3 is 1. The Morgan fingerprint density at radius 3 is 2.18 bits per heavy atom. The summed E-state index contributed by atoms with van der Waals surface area (Å²) in [5.74, 6) is -2.68. The van der Waals surface area contributed by atoms with Crippen molar-refractivity contribution in [3.63, 3.8) is 0 Å². The second kappa shape index (κ2) is 8.14. The minimum atomic E-state index is -1.03. The van der Waals surface area contributed by atoms with Crippen molar-refractivity contribution in [3.8, 4) is 0 Å². The van der Waals surface area contributed by atoms with Crippen molar-refractivity contribution < 1.29 is 28.3 Å².